The van der Waals surface area contributed by atoms with E-state index in [1.54, 1.807) is 0 Å². The van der Waals surface area contributed by atoms with Gasteiger partial charge >= 0.3 is 0 Å². The van der Waals surface area contributed by atoms with E-state index >= 15 is 0 Å². The molecule has 0 aromatic heterocycles. The maximum absolute atomic E-state index is 12.2. The van der Waals surface area contributed by atoms with Crippen molar-refractivity contribution >= 4 is 5.91 Å². The third-order valence-corrected chi connectivity index (χ3v) is 5.90. The molecule has 0 aromatic carbocycles. The number of carbonyl (C=O) groups excluding carboxylic acids is 1. The highest BCUT2D eigenvalue weighted by atomic mass is 16.1. The zero-order chi connectivity index (χ0) is 14.0. The molecule has 0 aliphatic heterocycles. The van der Waals surface area contributed by atoms with Crippen LogP contribution in [0, 0.1) is 23.2 Å². The van der Waals surface area contributed by atoms with Crippen molar-refractivity contribution in [2.75, 3.05) is 13.1 Å². The standard InChI is InChI=1S/C17H30N2O/c18-4-2-1-3-5-19-16(20)12-17-9-13-6-14(10-17)8-15(7-13)11-17/h13-15H,1-12,18H2,(H,19,20). The van der Waals surface area contributed by atoms with Crippen LogP contribution in [0.3, 0.4) is 0 Å². The Kier molecular flexibility index (Phi) is 4.34. The molecule has 4 aliphatic carbocycles. The molecule has 0 atom stereocenters. The van der Waals surface area contributed by atoms with Gasteiger partial charge in [0.2, 0.25) is 5.91 Å². The predicted octanol–water partition coefficient (Wildman–Crippen LogP) is 2.84. The predicted molar refractivity (Wildman–Crippen MR) is 81.1 cm³/mol. The number of nitrogens with two attached hydrogens (primary N) is 1. The topological polar surface area (TPSA) is 55.1 Å². The smallest absolute Gasteiger partial charge is 0.220 e. The molecule has 0 spiro atoms. The number of hydrogen-bond acceptors (Lipinski definition) is 2. The summed E-state index contributed by atoms with van der Waals surface area (Å²) < 4.78 is 0. The van der Waals surface area contributed by atoms with Crippen LogP contribution >= 0.6 is 0 Å². The Morgan fingerprint density at radius 3 is 2.15 bits per heavy atom. The van der Waals surface area contributed by atoms with Crippen molar-refractivity contribution < 1.29 is 4.79 Å². The minimum absolute atomic E-state index is 0.305. The van der Waals surface area contributed by atoms with Crippen molar-refractivity contribution in [1.82, 2.24) is 5.32 Å². The molecule has 20 heavy (non-hydrogen) atoms. The van der Waals surface area contributed by atoms with Gasteiger partial charge in [0.15, 0.2) is 0 Å². The molecule has 4 bridgehead atoms. The van der Waals surface area contributed by atoms with Gasteiger partial charge in [0.1, 0.15) is 0 Å². The maximum atomic E-state index is 12.2. The SMILES string of the molecule is NCCCCCNC(=O)CC12CC3CC(CC(C3)C1)C2. The molecule has 3 N–H and O–H groups in total. The van der Waals surface area contributed by atoms with Crippen LogP contribution in [0.15, 0.2) is 0 Å². The van der Waals surface area contributed by atoms with Crippen LogP contribution < -0.4 is 11.1 Å². The molecule has 0 radical (unpaired) electrons. The monoisotopic (exact) mass is 278 g/mol. The molecular weight excluding hydrogens is 248 g/mol. The average Bonchev–Trinajstić information content (AvgIpc) is 2.36. The number of nitrogens with one attached hydrogen (secondary N) is 1. The van der Waals surface area contributed by atoms with E-state index in [4.69, 9.17) is 5.73 Å². The number of carbonyl (C=O) groups is 1. The molecule has 4 aliphatic rings. The lowest BCUT2D eigenvalue weighted by Crippen LogP contribution is -2.48. The summed E-state index contributed by atoms with van der Waals surface area (Å²) >= 11 is 0. The van der Waals surface area contributed by atoms with Gasteiger partial charge in [-0.15, -0.1) is 0 Å². The van der Waals surface area contributed by atoms with Gasteiger partial charge < -0.3 is 11.1 Å². The van der Waals surface area contributed by atoms with Gasteiger partial charge in [0, 0.05) is 13.0 Å². The molecule has 0 saturated heterocycles. The van der Waals surface area contributed by atoms with Crippen molar-refractivity contribution in [3.63, 3.8) is 0 Å². The van der Waals surface area contributed by atoms with Crippen LogP contribution in [-0.2, 0) is 4.79 Å². The first-order chi connectivity index (χ1) is 9.69. The highest BCUT2D eigenvalue weighted by Crippen LogP contribution is 2.61. The minimum Gasteiger partial charge on any atom is -0.356 e. The second-order valence-corrected chi connectivity index (χ2v) is 7.79. The summed E-state index contributed by atoms with van der Waals surface area (Å²) in [6.07, 6.45) is 12.5. The molecule has 4 fully saturated rings. The summed E-state index contributed by atoms with van der Waals surface area (Å²) in [5.41, 5.74) is 5.86. The zero-order valence-corrected chi connectivity index (χ0v) is 12.7. The first-order valence-electron chi connectivity index (χ1n) is 8.66. The van der Waals surface area contributed by atoms with Gasteiger partial charge in [0.05, 0.1) is 0 Å². The molecule has 3 heteroatoms. The first kappa shape index (κ1) is 14.4. The molecular formula is C17H30N2O. The maximum Gasteiger partial charge on any atom is 0.220 e. The minimum atomic E-state index is 0.305. The van der Waals surface area contributed by atoms with Gasteiger partial charge in [-0.2, -0.15) is 0 Å². The Bertz CT molecular complexity index is 318. The van der Waals surface area contributed by atoms with E-state index in [-0.39, 0.29) is 0 Å². The largest absolute Gasteiger partial charge is 0.356 e. The molecule has 1 amide bonds. The lowest BCUT2D eigenvalue weighted by atomic mass is 9.49. The third kappa shape index (κ3) is 3.19. The van der Waals surface area contributed by atoms with Crippen LogP contribution in [-0.4, -0.2) is 19.0 Å². The van der Waals surface area contributed by atoms with E-state index in [1.165, 1.54) is 38.5 Å². The lowest BCUT2D eigenvalue weighted by Gasteiger charge is -2.56. The number of amides is 1. The van der Waals surface area contributed by atoms with Crippen LogP contribution in [0.2, 0.25) is 0 Å². The van der Waals surface area contributed by atoms with Crippen molar-refractivity contribution in [2.24, 2.45) is 28.9 Å². The highest BCUT2D eigenvalue weighted by Gasteiger charge is 2.51. The van der Waals surface area contributed by atoms with E-state index in [9.17, 15) is 4.79 Å². The van der Waals surface area contributed by atoms with Gasteiger partial charge in [-0.3, -0.25) is 4.79 Å². The Hall–Kier alpha value is -0.570. The quantitative estimate of drug-likeness (QED) is 0.704. The van der Waals surface area contributed by atoms with Crippen molar-refractivity contribution in [3.05, 3.63) is 0 Å². The van der Waals surface area contributed by atoms with Gasteiger partial charge in [-0.05, 0) is 81.1 Å². The van der Waals surface area contributed by atoms with Gasteiger partial charge in [-0.25, -0.2) is 0 Å². The normalized spacial score (nSPS) is 38.1. The summed E-state index contributed by atoms with van der Waals surface area (Å²) in [6, 6.07) is 0. The van der Waals surface area contributed by atoms with Crippen molar-refractivity contribution in [3.8, 4) is 0 Å². The number of unbranched alkanes of at least 4 members (excludes halogenated alkanes) is 2. The van der Waals surface area contributed by atoms with Gasteiger partial charge in [-0.1, -0.05) is 6.42 Å². The van der Waals surface area contributed by atoms with Crippen LogP contribution in [0.4, 0.5) is 0 Å². The van der Waals surface area contributed by atoms with Gasteiger partial charge in [0.25, 0.3) is 0 Å². The second-order valence-electron chi connectivity index (χ2n) is 7.79. The number of hydrogen-bond donors (Lipinski definition) is 2. The zero-order valence-electron chi connectivity index (χ0n) is 12.7. The summed E-state index contributed by atoms with van der Waals surface area (Å²) in [5.74, 6) is 3.13. The van der Waals surface area contributed by atoms with E-state index in [2.05, 4.69) is 5.32 Å². The molecule has 4 rings (SSSR count). The Balaban J connectivity index is 1.44. The molecule has 0 aromatic rings. The average molecular weight is 278 g/mol. The molecule has 4 saturated carbocycles. The molecule has 0 heterocycles. The van der Waals surface area contributed by atoms with Crippen molar-refractivity contribution in [2.45, 2.75) is 64.2 Å². The van der Waals surface area contributed by atoms with Crippen LogP contribution in [0.25, 0.3) is 0 Å². The van der Waals surface area contributed by atoms with Crippen molar-refractivity contribution in [1.29, 1.82) is 0 Å². The fourth-order valence-electron chi connectivity index (χ4n) is 5.58. The molecule has 0 unspecified atom stereocenters. The fourth-order valence-corrected chi connectivity index (χ4v) is 5.58. The molecule has 3 nitrogen and oxygen atoms in total. The number of rotatable bonds is 7. The summed E-state index contributed by atoms with van der Waals surface area (Å²) in [4.78, 5) is 12.2. The van der Waals surface area contributed by atoms with Crippen LogP contribution in [0.1, 0.15) is 64.2 Å². The fraction of sp³-hybridized carbons (Fsp3) is 0.941. The van der Waals surface area contributed by atoms with E-state index < -0.39 is 0 Å². The van der Waals surface area contributed by atoms with E-state index in [1.807, 2.05) is 0 Å². The highest BCUT2D eigenvalue weighted by molar-refractivity contribution is 5.76. The second kappa shape index (κ2) is 6.05. The Labute approximate surface area is 123 Å². The Morgan fingerprint density at radius 1 is 1.00 bits per heavy atom. The first-order valence-corrected chi connectivity index (χ1v) is 8.66. The summed E-state index contributed by atoms with van der Waals surface area (Å²) in [5, 5.41) is 3.14. The van der Waals surface area contributed by atoms with E-state index in [0.717, 1.165) is 56.5 Å². The Morgan fingerprint density at radius 2 is 1.60 bits per heavy atom. The van der Waals surface area contributed by atoms with Crippen LogP contribution in [0.5, 0.6) is 0 Å². The third-order valence-electron chi connectivity index (χ3n) is 5.90. The summed E-state index contributed by atoms with van der Waals surface area (Å²) in [7, 11) is 0. The lowest BCUT2D eigenvalue weighted by molar-refractivity contribution is -0.129. The van der Waals surface area contributed by atoms with E-state index in [0.29, 0.717) is 11.3 Å². The summed E-state index contributed by atoms with van der Waals surface area (Å²) in [6.45, 7) is 1.60. The molecule has 114 valence electrons.